The summed E-state index contributed by atoms with van der Waals surface area (Å²) in [6.45, 7) is 9.46. The van der Waals surface area contributed by atoms with Crippen molar-refractivity contribution in [1.29, 1.82) is 0 Å². The molecule has 0 saturated heterocycles. The highest BCUT2D eigenvalue weighted by Crippen LogP contribution is 2.44. The van der Waals surface area contributed by atoms with Gasteiger partial charge in [0.25, 0.3) is 5.91 Å². The van der Waals surface area contributed by atoms with E-state index in [1.807, 2.05) is 24.0 Å². The minimum absolute atomic E-state index is 0.00448. The van der Waals surface area contributed by atoms with Crippen molar-refractivity contribution in [3.05, 3.63) is 29.0 Å². The third-order valence-electron chi connectivity index (χ3n) is 5.73. The van der Waals surface area contributed by atoms with Gasteiger partial charge in [-0.2, -0.15) is 0 Å². The Kier molecular flexibility index (Phi) is 4.94. The first kappa shape index (κ1) is 20.3. The van der Waals surface area contributed by atoms with Crippen LogP contribution >= 0.6 is 18.5 Å². The van der Waals surface area contributed by atoms with Gasteiger partial charge in [0.1, 0.15) is 7.14 Å². The van der Waals surface area contributed by atoms with Gasteiger partial charge in [-0.15, -0.1) is 0 Å². The van der Waals surface area contributed by atoms with Crippen molar-refractivity contribution in [2.45, 2.75) is 46.2 Å². The van der Waals surface area contributed by atoms with Gasteiger partial charge < -0.3 is 14.8 Å². The Hall–Kier alpha value is -1.98. The van der Waals surface area contributed by atoms with E-state index in [4.69, 9.17) is 0 Å². The summed E-state index contributed by atoms with van der Waals surface area (Å²) in [5.41, 5.74) is 3.27. The maximum Gasteiger partial charge on any atom is 0.255 e. The zero-order chi connectivity index (χ0) is 21.1. The molecule has 2 amide bonds. The second-order valence-corrected chi connectivity index (χ2v) is 12.7. The molecule has 0 spiro atoms. The van der Waals surface area contributed by atoms with E-state index in [1.54, 1.807) is 13.3 Å². The van der Waals surface area contributed by atoms with Crippen LogP contribution in [0.5, 0.6) is 0 Å². The maximum atomic E-state index is 13.2. The first-order valence-corrected chi connectivity index (χ1v) is 13.3. The minimum atomic E-state index is -2.67. The van der Waals surface area contributed by atoms with Gasteiger partial charge in [-0.3, -0.25) is 9.59 Å². The van der Waals surface area contributed by atoms with E-state index in [0.717, 1.165) is 21.7 Å². The van der Waals surface area contributed by atoms with E-state index in [0.29, 0.717) is 28.5 Å². The van der Waals surface area contributed by atoms with Crippen molar-refractivity contribution < 1.29 is 14.2 Å². The smallest absolute Gasteiger partial charge is 0.255 e. The summed E-state index contributed by atoms with van der Waals surface area (Å²) in [5, 5.41) is 3.93. The molecule has 2 aromatic rings. The van der Waals surface area contributed by atoms with Crippen LogP contribution in [0.4, 0.5) is 5.13 Å². The molecule has 1 aliphatic carbocycles. The highest BCUT2D eigenvalue weighted by Gasteiger charge is 2.41. The Morgan fingerprint density at radius 3 is 2.62 bits per heavy atom. The molecule has 1 aromatic carbocycles. The summed E-state index contributed by atoms with van der Waals surface area (Å²) < 4.78 is 13.1. The van der Waals surface area contributed by atoms with Crippen LogP contribution in [0.15, 0.2) is 12.1 Å². The molecule has 2 heterocycles. The summed E-state index contributed by atoms with van der Waals surface area (Å²) in [7, 11) is -2.67. The average Bonchev–Trinajstić information content (AvgIpc) is 3.33. The Balaban J connectivity index is 1.81. The Morgan fingerprint density at radius 2 is 2.03 bits per heavy atom. The number of nitrogens with zero attached hydrogens (tertiary/aromatic N) is 2. The molecule has 2 aliphatic rings. The molecule has 29 heavy (non-hydrogen) atoms. The third-order valence-corrected chi connectivity index (χ3v) is 8.37. The topological polar surface area (TPSA) is 79.4 Å². The number of carbonyl (C=O) groups is 2. The van der Waals surface area contributed by atoms with Gasteiger partial charge in [0.05, 0.1) is 16.1 Å². The highest BCUT2D eigenvalue weighted by atomic mass is 32.1. The standard InChI is InChI=1S/C21H26N3O3PS/c1-11-19(29-21(22-11)23-13(3)25)15-8-16-10-24(12(2)14-6-7-14)20(26)18(16)17(9-15)28(4,5)27/h8-9,12,14H,6-7,10H2,1-5H3,(H,22,23,25). The summed E-state index contributed by atoms with van der Waals surface area (Å²) >= 11 is 1.40. The second-order valence-electron chi connectivity index (χ2n) is 8.51. The quantitative estimate of drug-likeness (QED) is 0.724. The number of hydrogen-bond acceptors (Lipinski definition) is 5. The highest BCUT2D eigenvalue weighted by molar-refractivity contribution is 7.70. The van der Waals surface area contributed by atoms with Crippen LogP contribution in [0.25, 0.3) is 10.4 Å². The van der Waals surface area contributed by atoms with Crippen LogP contribution < -0.4 is 10.6 Å². The summed E-state index contributed by atoms with van der Waals surface area (Å²) in [6, 6.07) is 4.13. The predicted molar refractivity (Wildman–Crippen MR) is 118 cm³/mol. The number of amides is 2. The number of nitrogens with one attached hydrogen (secondary N) is 1. The number of fused-ring (bicyclic) bond motifs is 1. The maximum absolute atomic E-state index is 13.2. The van der Waals surface area contributed by atoms with Crippen molar-refractivity contribution in [2.75, 3.05) is 18.6 Å². The zero-order valence-corrected chi connectivity index (χ0v) is 19.1. The van der Waals surface area contributed by atoms with Gasteiger partial charge in [0, 0.05) is 24.8 Å². The van der Waals surface area contributed by atoms with E-state index < -0.39 is 7.14 Å². The Labute approximate surface area is 175 Å². The van der Waals surface area contributed by atoms with Crippen molar-refractivity contribution in [1.82, 2.24) is 9.88 Å². The van der Waals surface area contributed by atoms with E-state index in [1.165, 1.54) is 31.1 Å². The number of thiazole rings is 1. The SMILES string of the molecule is CC(=O)Nc1nc(C)c(-c2cc3c(c(P(C)(C)=O)c2)C(=O)N(C(C)C2CC2)C3)s1. The van der Waals surface area contributed by atoms with Crippen LogP contribution in [0.2, 0.25) is 0 Å². The average molecular weight is 431 g/mol. The molecule has 6 nitrogen and oxygen atoms in total. The molecule has 1 unspecified atom stereocenters. The lowest BCUT2D eigenvalue weighted by Gasteiger charge is -2.24. The normalized spacial score (nSPS) is 17.4. The first-order chi connectivity index (χ1) is 13.6. The number of rotatable bonds is 5. The largest absolute Gasteiger partial charge is 0.331 e. The molecule has 1 atom stereocenters. The van der Waals surface area contributed by atoms with Gasteiger partial charge in [0.2, 0.25) is 5.91 Å². The molecule has 1 aliphatic heterocycles. The van der Waals surface area contributed by atoms with E-state index in [-0.39, 0.29) is 17.9 Å². The minimum Gasteiger partial charge on any atom is -0.331 e. The number of carbonyl (C=O) groups excluding carboxylic acids is 2. The van der Waals surface area contributed by atoms with E-state index in [9.17, 15) is 14.2 Å². The molecule has 0 radical (unpaired) electrons. The first-order valence-electron chi connectivity index (χ1n) is 9.85. The molecule has 1 N–H and O–H groups in total. The number of anilines is 1. The molecular formula is C21H26N3O3PS. The molecule has 4 rings (SSSR count). The number of benzene rings is 1. The summed E-state index contributed by atoms with van der Waals surface area (Å²) in [5.74, 6) is 0.418. The molecule has 1 saturated carbocycles. The molecule has 1 fully saturated rings. The van der Waals surface area contributed by atoms with Gasteiger partial charge in [-0.05, 0) is 69.2 Å². The van der Waals surface area contributed by atoms with Crippen LogP contribution in [0.1, 0.15) is 48.3 Å². The van der Waals surface area contributed by atoms with Gasteiger partial charge in [0.15, 0.2) is 5.13 Å². The molecular weight excluding hydrogens is 405 g/mol. The monoisotopic (exact) mass is 431 g/mol. The lowest BCUT2D eigenvalue weighted by atomic mass is 10.0. The fourth-order valence-corrected chi connectivity index (χ4v) is 6.27. The van der Waals surface area contributed by atoms with E-state index in [2.05, 4.69) is 17.2 Å². The van der Waals surface area contributed by atoms with Crippen LogP contribution in [0.3, 0.4) is 0 Å². The van der Waals surface area contributed by atoms with Gasteiger partial charge in [-0.25, -0.2) is 4.98 Å². The Bertz CT molecular complexity index is 1070. The summed E-state index contributed by atoms with van der Waals surface area (Å²) in [6.07, 6.45) is 2.34. The van der Waals surface area contributed by atoms with Gasteiger partial charge >= 0.3 is 0 Å². The summed E-state index contributed by atoms with van der Waals surface area (Å²) in [4.78, 5) is 31.9. The molecule has 0 bridgehead atoms. The van der Waals surface area contributed by atoms with Crippen LogP contribution in [0, 0.1) is 12.8 Å². The zero-order valence-electron chi connectivity index (χ0n) is 17.4. The number of hydrogen-bond donors (Lipinski definition) is 1. The molecule has 1 aromatic heterocycles. The van der Waals surface area contributed by atoms with Crippen molar-refractivity contribution >= 4 is 40.7 Å². The predicted octanol–water partition coefficient (Wildman–Crippen LogP) is 4.08. The molecule has 154 valence electrons. The lowest BCUT2D eigenvalue weighted by molar-refractivity contribution is -0.114. The van der Waals surface area contributed by atoms with Crippen LogP contribution in [-0.4, -0.2) is 41.1 Å². The van der Waals surface area contributed by atoms with Crippen molar-refractivity contribution in [2.24, 2.45) is 5.92 Å². The number of aryl methyl sites for hydroxylation is 1. The lowest BCUT2D eigenvalue weighted by Crippen LogP contribution is -2.35. The van der Waals surface area contributed by atoms with Crippen molar-refractivity contribution in [3.63, 3.8) is 0 Å². The second kappa shape index (κ2) is 7.06. The Morgan fingerprint density at radius 1 is 1.34 bits per heavy atom. The molecule has 8 heteroatoms. The van der Waals surface area contributed by atoms with Crippen LogP contribution in [-0.2, 0) is 15.9 Å². The van der Waals surface area contributed by atoms with Gasteiger partial charge in [-0.1, -0.05) is 11.3 Å². The van der Waals surface area contributed by atoms with Crippen molar-refractivity contribution in [3.8, 4) is 10.4 Å². The fourth-order valence-electron chi connectivity index (χ4n) is 4.04. The number of aromatic nitrogens is 1. The van der Waals surface area contributed by atoms with E-state index >= 15 is 0 Å². The third kappa shape index (κ3) is 3.78. The fraction of sp³-hybridized carbons (Fsp3) is 0.476.